The predicted octanol–water partition coefficient (Wildman–Crippen LogP) is 5.33. The molecule has 32 heavy (non-hydrogen) atoms. The highest BCUT2D eigenvalue weighted by Gasteiger charge is 2.47. The van der Waals surface area contributed by atoms with Crippen molar-refractivity contribution in [2.45, 2.75) is 26.8 Å². The van der Waals surface area contributed by atoms with E-state index in [9.17, 15) is 14.7 Å². The molecule has 1 aliphatic heterocycles. The summed E-state index contributed by atoms with van der Waals surface area (Å²) in [6.45, 7) is 6.23. The quantitative estimate of drug-likeness (QED) is 0.340. The number of ether oxygens (including phenoxy) is 1. The lowest BCUT2D eigenvalue weighted by Crippen LogP contribution is -2.29. The summed E-state index contributed by atoms with van der Waals surface area (Å²) in [6, 6.07) is 21.2. The number of rotatable bonds is 5. The zero-order valence-corrected chi connectivity index (χ0v) is 18.3. The number of para-hydroxylation sites is 1. The fourth-order valence-electron chi connectivity index (χ4n) is 4.05. The Morgan fingerprint density at radius 2 is 1.66 bits per heavy atom. The fraction of sp³-hybridized carbons (Fsp3) is 0.185. The van der Waals surface area contributed by atoms with Crippen molar-refractivity contribution >= 4 is 23.1 Å². The first kappa shape index (κ1) is 21.4. The van der Waals surface area contributed by atoms with E-state index < -0.39 is 17.7 Å². The van der Waals surface area contributed by atoms with Crippen molar-refractivity contribution in [1.82, 2.24) is 0 Å². The predicted molar refractivity (Wildman–Crippen MR) is 125 cm³/mol. The van der Waals surface area contributed by atoms with Gasteiger partial charge in [-0.15, -0.1) is 0 Å². The number of Topliss-reactive ketones (excluding diaryl/α,β-unsaturated/α-hetero) is 1. The van der Waals surface area contributed by atoms with Crippen molar-refractivity contribution < 1.29 is 19.4 Å². The lowest BCUT2D eigenvalue weighted by atomic mass is 9.93. The number of aliphatic hydroxyl groups is 1. The number of aliphatic hydroxyl groups excluding tert-OH is 1. The molecule has 1 atom stereocenters. The van der Waals surface area contributed by atoms with Gasteiger partial charge in [0.25, 0.3) is 11.7 Å². The number of anilines is 1. The van der Waals surface area contributed by atoms with E-state index in [0.29, 0.717) is 29.2 Å². The number of carbonyl (C=O) groups excluding carboxylic acids is 2. The van der Waals surface area contributed by atoms with Gasteiger partial charge in [-0.25, -0.2) is 0 Å². The normalized spacial score (nSPS) is 17.6. The van der Waals surface area contributed by atoms with Crippen LogP contribution in [0, 0.1) is 13.8 Å². The minimum absolute atomic E-state index is 0.0803. The van der Waals surface area contributed by atoms with Crippen molar-refractivity contribution in [2.75, 3.05) is 11.5 Å². The largest absolute Gasteiger partial charge is 0.507 e. The average Bonchev–Trinajstić information content (AvgIpc) is 3.07. The molecule has 3 aromatic carbocycles. The van der Waals surface area contributed by atoms with Gasteiger partial charge >= 0.3 is 0 Å². The van der Waals surface area contributed by atoms with Gasteiger partial charge in [-0.1, -0.05) is 48.0 Å². The second-order valence-electron chi connectivity index (χ2n) is 7.83. The van der Waals surface area contributed by atoms with Crippen molar-refractivity contribution in [1.29, 1.82) is 0 Å². The third-order valence-electron chi connectivity index (χ3n) is 5.63. The van der Waals surface area contributed by atoms with Crippen molar-refractivity contribution in [3.63, 3.8) is 0 Å². The molecule has 3 aromatic rings. The smallest absolute Gasteiger partial charge is 0.300 e. The second-order valence-corrected chi connectivity index (χ2v) is 7.83. The number of hydrogen-bond donors (Lipinski definition) is 1. The Balaban J connectivity index is 1.93. The van der Waals surface area contributed by atoms with E-state index >= 15 is 0 Å². The molecule has 0 aromatic heterocycles. The molecule has 1 saturated heterocycles. The first-order valence-electron chi connectivity index (χ1n) is 10.6. The van der Waals surface area contributed by atoms with Crippen LogP contribution >= 0.6 is 0 Å². The molecule has 5 heteroatoms. The van der Waals surface area contributed by atoms with Crippen LogP contribution in [0.1, 0.15) is 35.2 Å². The van der Waals surface area contributed by atoms with Crippen LogP contribution in [0.2, 0.25) is 0 Å². The third kappa shape index (κ3) is 3.78. The molecule has 1 fully saturated rings. The summed E-state index contributed by atoms with van der Waals surface area (Å²) in [4.78, 5) is 27.8. The molecule has 0 spiro atoms. The minimum Gasteiger partial charge on any atom is -0.507 e. The average molecular weight is 428 g/mol. The number of benzene rings is 3. The zero-order chi connectivity index (χ0) is 22.8. The lowest BCUT2D eigenvalue weighted by molar-refractivity contribution is -0.132. The van der Waals surface area contributed by atoms with Crippen LogP contribution in [0.25, 0.3) is 5.76 Å². The van der Waals surface area contributed by atoms with Gasteiger partial charge in [0, 0.05) is 11.3 Å². The summed E-state index contributed by atoms with van der Waals surface area (Å²) in [6.07, 6.45) is 0. The number of ketones is 1. The van der Waals surface area contributed by atoms with Crippen LogP contribution in [0.5, 0.6) is 5.75 Å². The van der Waals surface area contributed by atoms with E-state index in [1.807, 2.05) is 81.4 Å². The second kappa shape index (κ2) is 8.71. The van der Waals surface area contributed by atoms with E-state index in [1.165, 1.54) is 4.90 Å². The summed E-state index contributed by atoms with van der Waals surface area (Å²) in [7, 11) is 0. The molecule has 162 valence electrons. The molecule has 0 aliphatic carbocycles. The molecule has 4 rings (SSSR count). The van der Waals surface area contributed by atoms with Gasteiger partial charge in [0.05, 0.1) is 18.2 Å². The molecule has 1 N–H and O–H groups in total. The molecule has 0 bridgehead atoms. The van der Waals surface area contributed by atoms with Crippen molar-refractivity contribution in [3.05, 3.63) is 101 Å². The molecule has 5 nitrogen and oxygen atoms in total. The first-order chi connectivity index (χ1) is 15.4. The summed E-state index contributed by atoms with van der Waals surface area (Å²) < 4.78 is 5.54. The lowest BCUT2D eigenvalue weighted by Gasteiger charge is -2.25. The molecular weight excluding hydrogens is 402 g/mol. The Morgan fingerprint density at radius 1 is 0.969 bits per heavy atom. The van der Waals surface area contributed by atoms with Crippen molar-refractivity contribution in [3.8, 4) is 5.75 Å². The van der Waals surface area contributed by atoms with Crippen LogP contribution in [-0.2, 0) is 9.59 Å². The van der Waals surface area contributed by atoms with E-state index in [-0.39, 0.29) is 11.3 Å². The van der Waals surface area contributed by atoms with Crippen LogP contribution in [0.3, 0.4) is 0 Å². The van der Waals surface area contributed by atoms with Crippen LogP contribution < -0.4 is 9.64 Å². The number of hydrogen-bond acceptors (Lipinski definition) is 4. The summed E-state index contributed by atoms with van der Waals surface area (Å²) in [5.41, 5.74) is 3.71. The van der Waals surface area contributed by atoms with Crippen LogP contribution in [-0.4, -0.2) is 23.4 Å². The Labute approximate surface area is 187 Å². The van der Waals surface area contributed by atoms with Gasteiger partial charge in [0.15, 0.2) is 0 Å². The molecule has 1 unspecified atom stereocenters. The highest BCUT2D eigenvalue weighted by atomic mass is 16.5. The summed E-state index contributed by atoms with van der Waals surface area (Å²) in [5, 5.41) is 11.3. The maximum Gasteiger partial charge on any atom is 0.300 e. The number of nitrogens with zero attached hydrogens (tertiary/aromatic N) is 1. The molecule has 1 aliphatic rings. The van der Waals surface area contributed by atoms with Gasteiger partial charge in [-0.3, -0.25) is 14.5 Å². The maximum absolute atomic E-state index is 13.2. The number of carbonyl (C=O) groups is 2. The zero-order valence-electron chi connectivity index (χ0n) is 18.3. The van der Waals surface area contributed by atoms with Gasteiger partial charge in [0.1, 0.15) is 11.5 Å². The minimum atomic E-state index is -0.756. The molecule has 0 saturated carbocycles. The monoisotopic (exact) mass is 427 g/mol. The molecular formula is C27H25NO4. The summed E-state index contributed by atoms with van der Waals surface area (Å²) in [5.74, 6) is -0.836. The van der Waals surface area contributed by atoms with Crippen molar-refractivity contribution in [2.24, 2.45) is 0 Å². The molecule has 0 radical (unpaired) electrons. The third-order valence-corrected chi connectivity index (χ3v) is 5.63. The van der Waals surface area contributed by atoms with E-state index in [1.54, 1.807) is 12.1 Å². The van der Waals surface area contributed by atoms with Gasteiger partial charge in [-0.2, -0.15) is 0 Å². The van der Waals surface area contributed by atoms with Gasteiger partial charge in [0.2, 0.25) is 0 Å². The Bertz CT molecular complexity index is 1200. The first-order valence-corrected chi connectivity index (χ1v) is 10.6. The number of amides is 1. The molecule has 1 heterocycles. The van der Waals surface area contributed by atoms with E-state index in [0.717, 1.165) is 11.1 Å². The topological polar surface area (TPSA) is 66.8 Å². The van der Waals surface area contributed by atoms with E-state index in [2.05, 4.69) is 0 Å². The maximum atomic E-state index is 13.2. The van der Waals surface area contributed by atoms with E-state index in [4.69, 9.17) is 4.74 Å². The summed E-state index contributed by atoms with van der Waals surface area (Å²) >= 11 is 0. The van der Waals surface area contributed by atoms with Gasteiger partial charge in [-0.05, 0) is 62.2 Å². The highest BCUT2D eigenvalue weighted by molar-refractivity contribution is 6.51. The number of aryl methyl sites for hydroxylation is 2. The van der Waals surface area contributed by atoms with Crippen LogP contribution in [0.15, 0.2) is 78.4 Å². The standard InChI is InChI=1S/C27H25NO4/c1-4-32-21-14-12-19(13-15-21)24-23(25(29)22-16-17(2)10-11-18(22)3)26(30)27(31)28(24)20-8-6-5-7-9-20/h5-16,24,29H,4H2,1-3H3/b25-23+. The Hall–Kier alpha value is -3.86. The van der Waals surface area contributed by atoms with Crippen LogP contribution in [0.4, 0.5) is 5.69 Å². The Morgan fingerprint density at radius 3 is 2.31 bits per heavy atom. The highest BCUT2D eigenvalue weighted by Crippen LogP contribution is 2.42. The SMILES string of the molecule is CCOc1ccc(C2/C(=C(\O)c3cc(C)ccc3C)C(=O)C(=O)N2c2ccccc2)cc1. The fourth-order valence-corrected chi connectivity index (χ4v) is 4.05. The molecule has 1 amide bonds. The van der Waals surface area contributed by atoms with Gasteiger partial charge < -0.3 is 9.84 Å². The Kier molecular flexibility index (Phi) is 5.82.